The van der Waals surface area contributed by atoms with Gasteiger partial charge in [-0.15, -0.1) is 0 Å². The number of ether oxygens (including phenoxy) is 2. The van der Waals surface area contributed by atoms with Crippen LogP contribution in [-0.4, -0.2) is 33.0 Å². The van der Waals surface area contributed by atoms with Crippen LogP contribution in [0.4, 0.5) is 4.79 Å². The van der Waals surface area contributed by atoms with E-state index in [1.807, 2.05) is 60.4 Å². The minimum Gasteiger partial charge on any atom is -0.466 e. The van der Waals surface area contributed by atoms with Gasteiger partial charge < -0.3 is 9.47 Å². The van der Waals surface area contributed by atoms with Crippen LogP contribution in [0.15, 0.2) is 60.7 Å². The molecule has 0 spiro atoms. The zero-order valence-corrected chi connectivity index (χ0v) is 22.2. The third kappa shape index (κ3) is 8.00. The van der Waals surface area contributed by atoms with E-state index in [1.165, 1.54) is 6.42 Å². The minimum absolute atomic E-state index is 0.148. The molecule has 1 unspecified atom stereocenters. The van der Waals surface area contributed by atoms with Crippen molar-refractivity contribution < 1.29 is 19.1 Å². The third-order valence-electron chi connectivity index (χ3n) is 6.53. The molecule has 184 valence electrons. The maximum atomic E-state index is 13.6. The number of nitrogens with zero attached hydrogens (tertiary/aromatic N) is 1. The van der Waals surface area contributed by atoms with Gasteiger partial charge in [-0.05, 0) is 43.7 Å². The topological polar surface area (TPSA) is 55.8 Å². The Balaban J connectivity index is 1.79. The number of alkyl halides is 1. The minimum atomic E-state index is -0.275. The summed E-state index contributed by atoms with van der Waals surface area (Å²) in [5.41, 5.74) is 1.80. The molecule has 1 aliphatic carbocycles. The van der Waals surface area contributed by atoms with Gasteiger partial charge in [-0.3, -0.25) is 9.69 Å². The molecule has 0 heterocycles. The number of rotatable bonds is 11. The highest BCUT2D eigenvalue weighted by Gasteiger charge is 2.42. The Hall–Kier alpha value is -2.09. The summed E-state index contributed by atoms with van der Waals surface area (Å²) in [6.07, 6.45) is 7.04. The Morgan fingerprint density at radius 3 is 2.18 bits per heavy atom. The van der Waals surface area contributed by atoms with Crippen molar-refractivity contribution in [3.05, 3.63) is 71.8 Å². The zero-order chi connectivity index (χ0) is 24.2. The van der Waals surface area contributed by atoms with Crippen LogP contribution in [0.1, 0.15) is 69.4 Å². The fourth-order valence-electron chi connectivity index (χ4n) is 4.81. The van der Waals surface area contributed by atoms with Crippen molar-refractivity contribution in [3.63, 3.8) is 0 Å². The first-order valence-corrected chi connectivity index (χ1v) is 13.6. The van der Waals surface area contributed by atoms with Crippen LogP contribution >= 0.6 is 22.6 Å². The van der Waals surface area contributed by atoms with E-state index in [2.05, 4.69) is 34.7 Å². The fourth-order valence-corrected chi connectivity index (χ4v) is 5.94. The molecular formula is C28H36INO4. The standard InChI is InChI=1S/C28H36INO4/c1-2-33-26(31)17-16-25(29)20-28(18-10-5-11-19-28)30(21-23-12-6-3-7-13-23)27(32)34-22-24-14-8-4-9-15-24/h3-4,6-9,12-15,25H,2,5,10-11,16-22H2,1H3. The van der Waals surface area contributed by atoms with Crippen LogP contribution in [0, 0.1) is 0 Å². The summed E-state index contributed by atoms with van der Waals surface area (Å²) >= 11 is 2.45. The summed E-state index contributed by atoms with van der Waals surface area (Å²) in [7, 11) is 0. The molecule has 1 aliphatic rings. The molecule has 0 aliphatic heterocycles. The van der Waals surface area contributed by atoms with Gasteiger partial charge in [-0.25, -0.2) is 4.79 Å². The molecule has 1 fully saturated rings. The number of hydrogen-bond acceptors (Lipinski definition) is 4. The summed E-state index contributed by atoms with van der Waals surface area (Å²) in [6.45, 7) is 3.03. The van der Waals surface area contributed by atoms with Crippen LogP contribution in [0.2, 0.25) is 0 Å². The number of esters is 1. The van der Waals surface area contributed by atoms with E-state index in [0.717, 1.165) is 49.7 Å². The highest BCUT2D eigenvalue weighted by atomic mass is 127. The summed E-state index contributed by atoms with van der Waals surface area (Å²) in [4.78, 5) is 27.5. The van der Waals surface area contributed by atoms with Crippen molar-refractivity contribution in [3.8, 4) is 0 Å². The van der Waals surface area contributed by atoms with Gasteiger partial charge in [0.15, 0.2) is 0 Å². The molecule has 0 bridgehead atoms. The van der Waals surface area contributed by atoms with E-state index in [1.54, 1.807) is 0 Å². The van der Waals surface area contributed by atoms with E-state index in [4.69, 9.17) is 9.47 Å². The Bertz CT molecular complexity index is 884. The van der Waals surface area contributed by atoms with Crippen molar-refractivity contribution in [1.29, 1.82) is 0 Å². The molecule has 6 heteroatoms. The second-order valence-electron chi connectivity index (χ2n) is 9.04. The SMILES string of the molecule is CCOC(=O)CCC(I)CC1(N(Cc2ccccc2)C(=O)OCc2ccccc2)CCCCC1. The van der Waals surface area contributed by atoms with Crippen molar-refractivity contribution in [2.75, 3.05) is 6.61 Å². The Labute approximate surface area is 217 Å². The molecule has 1 amide bonds. The predicted molar refractivity (Wildman–Crippen MR) is 143 cm³/mol. The summed E-state index contributed by atoms with van der Waals surface area (Å²) in [6, 6.07) is 20.0. The number of halogens is 1. The lowest BCUT2D eigenvalue weighted by Gasteiger charge is -2.47. The highest BCUT2D eigenvalue weighted by molar-refractivity contribution is 14.1. The normalized spacial score (nSPS) is 15.8. The van der Waals surface area contributed by atoms with Gasteiger partial charge in [0.05, 0.1) is 6.61 Å². The lowest BCUT2D eigenvalue weighted by atomic mass is 9.76. The smallest absolute Gasteiger partial charge is 0.410 e. The van der Waals surface area contributed by atoms with Gasteiger partial charge in [0.1, 0.15) is 6.61 Å². The van der Waals surface area contributed by atoms with E-state index in [9.17, 15) is 9.59 Å². The van der Waals surface area contributed by atoms with E-state index < -0.39 is 0 Å². The molecule has 3 rings (SSSR count). The molecule has 0 saturated heterocycles. The first-order valence-electron chi connectivity index (χ1n) is 12.3. The molecule has 5 nitrogen and oxygen atoms in total. The van der Waals surface area contributed by atoms with Gasteiger partial charge in [0.2, 0.25) is 0 Å². The Morgan fingerprint density at radius 2 is 1.56 bits per heavy atom. The number of amides is 1. The van der Waals surface area contributed by atoms with Crippen LogP contribution in [0.25, 0.3) is 0 Å². The summed E-state index contributed by atoms with van der Waals surface area (Å²) < 4.78 is 11.2. The van der Waals surface area contributed by atoms with Gasteiger partial charge in [-0.2, -0.15) is 0 Å². The van der Waals surface area contributed by atoms with Gasteiger partial charge in [0, 0.05) is 22.4 Å². The lowest BCUT2D eigenvalue weighted by Crippen LogP contribution is -2.53. The van der Waals surface area contributed by atoms with Crippen LogP contribution < -0.4 is 0 Å². The maximum absolute atomic E-state index is 13.6. The van der Waals surface area contributed by atoms with Crippen LogP contribution in [-0.2, 0) is 27.4 Å². The zero-order valence-electron chi connectivity index (χ0n) is 20.1. The number of hydrogen-bond donors (Lipinski definition) is 0. The van der Waals surface area contributed by atoms with Crippen molar-refractivity contribution in [2.24, 2.45) is 0 Å². The second-order valence-corrected chi connectivity index (χ2v) is 10.8. The molecule has 1 atom stereocenters. The van der Waals surface area contributed by atoms with Crippen LogP contribution in [0.5, 0.6) is 0 Å². The molecule has 0 aromatic heterocycles. The number of benzene rings is 2. The quantitative estimate of drug-likeness (QED) is 0.163. The fraction of sp³-hybridized carbons (Fsp3) is 0.500. The van der Waals surface area contributed by atoms with Gasteiger partial charge in [-0.1, -0.05) is 103 Å². The Kier molecular flexibility index (Phi) is 10.7. The van der Waals surface area contributed by atoms with Crippen molar-refractivity contribution in [1.82, 2.24) is 4.90 Å². The maximum Gasteiger partial charge on any atom is 0.410 e. The monoisotopic (exact) mass is 577 g/mol. The number of carbonyl (C=O) groups is 2. The molecule has 34 heavy (non-hydrogen) atoms. The highest BCUT2D eigenvalue weighted by Crippen LogP contribution is 2.41. The average molecular weight is 578 g/mol. The van der Waals surface area contributed by atoms with E-state index >= 15 is 0 Å². The first-order chi connectivity index (χ1) is 16.5. The number of carbonyl (C=O) groups excluding carboxylic acids is 2. The molecule has 0 radical (unpaired) electrons. The largest absolute Gasteiger partial charge is 0.466 e. The van der Waals surface area contributed by atoms with E-state index in [0.29, 0.717) is 19.6 Å². The molecular weight excluding hydrogens is 541 g/mol. The lowest BCUT2D eigenvalue weighted by molar-refractivity contribution is -0.143. The van der Waals surface area contributed by atoms with E-state index in [-0.39, 0.29) is 28.1 Å². The molecule has 2 aromatic rings. The predicted octanol–water partition coefficient (Wildman–Crippen LogP) is 7.07. The average Bonchev–Trinajstić information content (AvgIpc) is 2.86. The van der Waals surface area contributed by atoms with Gasteiger partial charge >= 0.3 is 12.1 Å². The summed E-state index contributed by atoms with van der Waals surface area (Å²) in [5.74, 6) is -0.148. The van der Waals surface area contributed by atoms with Crippen LogP contribution in [0.3, 0.4) is 0 Å². The van der Waals surface area contributed by atoms with Gasteiger partial charge in [0.25, 0.3) is 0 Å². The van der Waals surface area contributed by atoms with Crippen molar-refractivity contribution in [2.45, 2.75) is 80.9 Å². The first kappa shape index (κ1) is 26.5. The molecule has 2 aromatic carbocycles. The Morgan fingerprint density at radius 1 is 0.941 bits per heavy atom. The molecule has 0 N–H and O–H groups in total. The second kappa shape index (κ2) is 13.7. The molecule has 1 saturated carbocycles. The third-order valence-corrected chi connectivity index (χ3v) is 7.60. The summed E-state index contributed by atoms with van der Waals surface area (Å²) in [5, 5.41) is 0. The van der Waals surface area contributed by atoms with Crippen molar-refractivity contribution >= 4 is 34.7 Å².